The summed E-state index contributed by atoms with van der Waals surface area (Å²) >= 11 is 0. The molecule has 0 aliphatic carbocycles. The third kappa shape index (κ3) is 3.95. The van der Waals surface area contributed by atoms with Crippen molar-refractivity contribution in [3.63, 3.8) is 0 Å². The molecule has 3 nitrogen and oxygen atoms in total. The minimum absolute atomic E-state index is 0.0965. The highest BCUT2D eigenvalue weighted by Crippen LogP contribution is 2.21. The summed E-state index contributed by atoms with van der Waals surface area (Å²) in [6, 6.07) is 0. The van der Waals surface area contributed by atoms with Crippen LogP contribution in [0.1, 0.15) is 40.0 Å². The first-order valence-corrected chi connectivity index (χ1v) is 5.41. The van der Waals surface area contributed by atoms with Gasteiger partial charge in [-0.15, -0.1) is 0 Å². The molecule has 1 heterocycles. The highest BCUT2D eigenvalue weighted by molar-refractivity contribution is 4.72. The number of hydrogen-bond donors (Lipinski definition) is 1. The van der Waals surface area contributed by atoms with Crippen LogP contribution in [0.2, 0.25) is 0 Å². The molecule has 1 unspecified atom stereocenters. The molecule has 1 fully saturated rings. The SMILES string of the molecule is CC(C)(C)[C@H](O)COC1CCCCO1. The van der Waals surface area contributed by atoms with Crippen LogP contribution in [0.3, 0.4) is 0 Å². The standard InChI is InChI=1S/C11H22O3/c1-11(2,3)9(12)8-14-10-6-4-5-7-13-10/h9-10,12H,4-8H2,1-3H3/t9-,10?/m1/s1. The zero-order chi connectivity index (χ0) is 10.6. The van der Waals surface area contributed by atoms with Gasteiger partial charge in [0.1, 0.15) is 0 Å². The van der Waals surface area contributed by atoms with Crippen LogP contribution in [-0.4, -0.2) is 30.7 Å². The van der Waals surface area contributed by atoms with Crippen molar-refractivity contribution < 1.29 is 14.6 Å². The molecule has 1 rings (SSSR count). The van der Waals surface area contributed by atoms with Crippen LogP contribution < -0.4 is 0 Å². The van der Waals surface area contributed by atoms with Crippen molar-refractivity contribution in [3.05, 3.63) is 0 Å². The summed E-state index contributed by atoms with van der Waals surface area (Å²) in [4.78, 5) is 0. The fourth-order valence-corrected chi connectivity index (χ4v) is 1.29. The lowest BCUT2D eigenvalue weighted by Gasteiger charge is -2.29. The Morgan fingerprint density at radius 3 is 2.64 bits per heavy atom. The predicted molar refractivity (Wildman–Crippen MR) is 55.0 cm³/mol. The number of rotatable bonds is 3. The molecule has 0 amide bonds. The minimum atomic E-state index is -0.423. The van der Waals surface area contributed by atoms with Gasteiger partial charge in [-0.1, -0.05) is 20.8 Å². The molecule has 0 saturated carbocycles. The Kier molecular flexibility index (Phi) is 4.35. The van der Waals surface area contributed by atoms with Crippen LogP contribution in [-0.2, 0) is 9.47 Å². The highest BCUT2D eigenvalue weighted by atomic mass is 16.7. The Labute approximate surface area is 86.4 Å². The second kappa shape index (κ2) is 5.10. The summed E-state index contributed by atoms with van der Waals surface area (Å²) in [6.45, 7) is 7.17. The van der Waals surface area contributed by atoms with Crippen LogP contribution in [0.15, 0.2) is 0 Å². The lowest BCUT2D eigenvalue weighted by Crippen LogP contribution is -2.34. The molecule has 0 aromatic rings. The van der Waals surface area contributed by atoms with Crippen LogP contribution in [0, 0.1) is 5.41 Å². The maximum atomic E-state index is 9.74. The maximum absolute atomic E-state index is 9.74. The number of hydrogen-bond acceptors (Lipinski definition) is 3. The van der Waals surface area contributed by atoms with Crippen LogP contribution in [0.4, 0.5) is 0 Å². The van der Waals surface area contributed by atoms with Gasteiger partial charge in [0.2, 0.25) is 0 Å². The van der Waals surface area contributed by atoms with Gasteiger partial charge in [-0.25, -0.2) is 0 Å². The summed E-state index contributed by atoms with van der Waals surface area (Å²) in [6.07, 6.45) is 2.73. The molecular weight excluding hydrogens is 180 g/mol. The molecule has 1 N–H and O–H groups in total. The van der Waals surface area contributed by atoms with E-state index < -0.39 is 6.10 Å². The molecule has 0 spiro atoms. The molecule has 0 bridgehead atoms. The Morgan fingerprint density at radius 2 is 2.14 bits per heavy atom. The van der Waals surface area contributed by atoms with Crippen molar-refractivity contribution in [2.45, 2.75) is 52.4 Å². The van der Waals surface area contributed by atoms with Crippen molar-refractivity contribution in [2.24, 2.45) is 5.41 Å². The zero-order valence-corrected chi connectivity index (χ0v) is 9.45. The van der Waals surface area contributed by atoms with E-state index in [0.717, 1.165) is 25.9 Å². The molecule has 0 aromatic carbocycles. The molecule has 3 heteroatoms. The third-order valence-corrected chi connectivity index (χ3v) is 2.58. The molecule has 1 aliphatic heterocycles. The second-order valence-electron chi connectivity index (χ2n) is 5.01. The first-order valence-electron chi connectivity index (χ1n) is 5.41. The Bertz CT molecular complexity index is 156. The molecule has 1 saturated heterocycles. The number of aliphatic hydroxyl groups is 1. The van der Waals surface area contributed by atoms with E-state index in [1.165, 1.54) is 0 Å². The monoisotopic (exact) mass is 202 g/mol. The normalized spacial score (nSPS) is 26.1. The second-order valence-corrected chi connectivity index (χ2v) is 5.01. The average molecular weight is 202 g/mol. The molecule has 0 aromatic heterocycles. The Hall–Kier alpha value is -0.120. The molecule has 0 radical (unpaired) electrons. The highest BCUT2D eigenvalue weighted by Gasteiger charge is 2.24. The third-order valence-electron chi connectivity index (χ3n) is 2.58. The summed E-state index contributed by atoms with van der Waals surface area (Å²) in [5.74, 6) is 0. The first-order chi connectivity index (χ1) is 6.50. The average Bonchev–Trinajstić information content (AvgIpc) is 2.14. The Balaban J connectivity index is 2.19. The quantitative estimate of drug-likeness (QED) is 0.760. The van der Waals surface area contributed by atoms with Crippen molar-refractivity contribution in [2.75, 3.05) is 13.2 Å². The van der Waals surface area contributed by atoms with Gasteiger partial charge >= 0.3 is 0 Å². The van der Waals surface area contributed by atoms with Gasteiger partial charge in [0, 0.05) is 6.61 Å². The predicted octanol–water partition coefficient (Wildman–Crippen LogP) is 1.94. The van der Waals surface area contributed by atoms with E-state index >= 15 is 0 Å². The lowest BCUT2D eigenvalue weighted by atomic mass is 9.90. The van der Waals surface area contributed by atoms with Gasteiger partial charge in [0.15, 0.2) is 6.29 Å². The van der Waals surface area contributed by atoms with E-state index in [1.54, 1.807) is 0 Å². The molecular formula is C11H22O3. The number of ether oxygens (including phenoxy) is 2. The molecule has 14 heavy (non-hydrogen) atoms. The smallest absolute Gasteiger partial charge is 0.157 e. The summed E-state index contributed by atoms with van der Waals surface area (Å²) in [7, 11) is 0. The topological polar surface area (TPSA) is 38.7 Å². The lowest BCUT2D eigenvalue weighted by molar-refractivity contribution is -0.182. The molecule has 1 aliphatic rings. The largest absolute Gasteiger partial charge is 0.390 e. The summed E-state index contributed by atoms with van der Waals surface area (Å²) in [5, 5.41) is 9.74. The van der Waals surface area contributed by atoms with E-state index in [-0.39, 0.29) is 11.7 Å². The van der Waals surface area contributed by atoms with E-state index in [0.29, 0.717) is 6.61 Å². The van der Waals surface area contributed by atoms with Crippen LogP contribution in [0.25, 0.3) is 0 Å². The maximum Gasteiger partial charge on any atom is 0.157 e. The van der Waals surface area contributed by atoms with Gasteiger partial charge in [-0.2, -0.15) is 0 Å². The van der Waals surface area contributed by atoms with Crippen molar-refractivity contribution >= 4 is 0 Å². The van der Waals surface area contributed by atoms with E-state index in [1.807, 2.05) is 20.8 Å². The van der Waals surface area contributed by atoms with Crippen molar-refractivity contribution in [3.8, 4) is 0 Å². The van der Waals surface area contributed by atoms with Gasteiger partial charge in [-0.3, -0.25) is 0 Å². The van der Waals surface area contributed by atoms with Crippen molar-refractivity contribution in [1.29, 1.82) is 0 Å². The van der Waals surface area contributed by atoms with Gasteiger partial charge < -0.3 is 14.6 Å². The van der Waals surface area contributed by atoms with Gasteiger partial charge in [0.05, 0.1) is 12.7 Å². The molecule has 84 valence electrons. The fraction of sp³-hybridized carbons (Fsp3) is 1.00. The van der Waals surface area contributed by atoms with E-state index in [9.17, 15) is 5.11 Å². The van der Waals surface area contributed by atoms with Crippen molar-refractivity contribution in [1.82, 2.24) is 0 Å². The van der Waals surface area contributed by atoms with Crippen LogP contribution >= 0.6 is 0 Å². The minimum Gasteiger partial charge on any atom is -0.390 e. The Morgan fingerprint density at radius 1 is 1.43 bits per heavy atom. The van der Waals surface area contributed by atoms with Crippen LogP contribution in [0.5, 0.6) is 0 Å². The van der Waals surface area contributed by atoms with Gasteiger partial charge in [0.25, 0.3) is 0 Å². The van der Waals surface area contributed by atoms with E-state index in [4.69, 9.17) is 9.47 Å². The zero-order valence-electron chi connectivity index (χ0n) is 9.45. The molecule has 2 atom stereocenters. The summed E-state index contributed by atoms with van der Waals surface area (Å²) < 4.78 is 10.9. The fourth-order valence-electron chi connectivity index (χ4n) is 1.29. The summed E-state index contributed by atoms with van der Waals surface area (Å²) in [5.41, 5.74) is -0.116. The first kappa shape index (κ1) is 12.0. The van der Waals surface area contributed by atoms with Gasteiger partial charge in [-0.05, 0) is 24.7 Å². The van der Waals surface area contributed by atoms with E-state index in [2.05, 4.69) is 0 Å². The number of aliphatic hydroxyl groups excluding tert-OH is 1.